The summed E-state index contributed by atoms with van der Waals surface area (Å²) in [6, 6.07) is 10.0. The lowest BCUT2D eigenvalue weighted by atomic mass is 9.79. The van der Waals surface area contributed by atoms with Gasteiger partial charge in [0.2, 0.25) is 5.95 Å². The fraction of sp³-hybridized carbons (Fsp3) is 0.522. The predicted octanol–water partition coefficient (Wildman–Crippen LogP) is 5.82. The second-order valence-electron chi connectivity index (χ2n) is 8.84. The molecule has 0 bridgehead atoms. The number of nitrogens with zero attached hydrogens (tertiary/aromatic N) is 3. The Morgan fingerprint density at radius 3 is 2.48 bits per heavy atom. The SMILES string of the molecule is CC1CCN(c2cc(Cl)nc(NC(=S)NCC3(c4ccc(Cl)cc4)CCCC3)n2)CC1. The van der Waals surface area contributed by atoms with Crippen molar-refractivity contribution in [2.75, 3.05) is 29.9 Å². The zero-order chi connectivity index (χ0) is 21.8. The second kappa shape index (κ2) is 9.88. The van der Waals surface area contributed by atoms with Crippen LogP contribution in [0.1, 0.15) is 51.0 Å². The summed E-state index contributed by atoms with van der Waals surface area (Å²) in [7, 11) is 0. The highest BCUT2D eigenvalue weighted by Gasteiger charge is 2.35. The molecule has 1 aromatic heterocycles. The number of piperidine rings is 1. The average molecular weight is 478 g/mol. The number of halogens is 2. The first kappa shape index (κ1) is 22.6. The van der Waals surface area contributed by atoms with E-state index < -0.39 is 0 Å². The maximum Gasteiger partial charge on any atom is 0.232 e. The fourth-order valence-electron chi connectivity index (χ4n) is 4.68. The largest absolute Gasteiger partial charge is 0.361 e. The molecule has 0 spiro atoms. The molecule has 2 aliphatic rings. The molecule has 2 heterocycles. The van der Waals surface area contributed by atoms with Crippen LogP contribution in [0.25, 0.3) is 0 Å². The molecule has 2 N–H and O–H groups in total. The molecule has 8 heteroatoms. The second-order valence-corrected chi connectivity index (χ2v) is 10.1. The molecule has 0 unspecified atom stereocenters. The molecule has 0 amide bonds. The van der Waals surface area contributed by atoms with E-state index in [0.29, 0.717) is 16.2 Å². The summed E-state index contributed by atoms with van der Waals surface area (Å²) in [6.45, 7) is 5.03. The maximum atomic E-state index is 6.28. The van der Waals surface area contributed by atoms with E-state index in [1.165, 1.54) is 18.4 Å². The topological polar surface area (TPSA) is 53.1 Å². The molecule has 1 aromatic carbocycles. The molecule has 166 valence electrons. The van der Waals surface area contributed by atoms with Crippen LogP contribution in [0.3, 0.4) is 0 Å². The van der Waals surface area contributed by atoms with Gasteiger partial charge in [0.15, 0.2) is 5.11 Å². The Kier molecular flexibility index (Phi) is 7.19. The van der Waals surface area contributed by atoms with Gasteiger partial charge >= 0.3 is 0 Å². The van der Waals surface area contributed by atoms with Crippen molar-refractivity contribution in [2.45, 2.75) is 50.9 Å². The van der Waals surface area contributed by atoms with Crippen molar-refractivity contribution >= 4 is 52.3 Å². The van der Waals surface area contributed by atoms with Crippen LogP contribution >= 0.6 is 35.4 Å². The number of aromatic nitrogens is 2. The lowest BCUT2D eigenvalue weighted by Crippen LogP contribution is -2.41. The molecule has 1 saturated heterocycles. The van der Waals surface area contributed by atoms with E-state index in [9.17, 15) is 0 Å². The summed E-state index contributed by atoms with van der Waals surface area (Å²) in [4.78, 5) is 11.3. The number of nitrogens with one attached hydrogen (secondary N) is 2. The van der Waals surface area contributed by atoms with E-state index in [1.54, 1.807) is 0 Å². The third-order valence-corrected chi connectivity index (χ3v) is 7.31. The van der Waals surface area contributed by atoms with Gasteiger partial charge in [-0.05, 0) is 61.5 Å². The first-order valence-corrected chi connectivity index (χ1v) is 12.2. The lowest BCUT2D eigenvalue weighted by Gasteiger charge is -2.31. The summed E-state index contributed by atoms with van der Waals surface area (Å²) >= 11 is 17.9. The van der Waals surface area contributed by atoms with Crippen molar-refractivity contribution in [1.29, 1.82) is 0 Å². The smallest absolute Gasteiger partial charge is 0.232 e. The fourth-order valence-corrected chi connectivity index (χ4v) is 5.15. The van der Waals surface area contributed by atoms with Crippen molar-refractivity contribution in [2.24, 2.45) is 5.92 Å². The van der Waals surface area contributed by atoms with Crippen LogP contribution in [0.15, 0.2) is 30.3 Å². The minimum Gasteiger partial charge on any atom is -0.361 e. The van der Waals surface area contributed by atoms with Gasteiger partial charge in [0.1, 0.15) is 11.0 Å². The van der Waals surface area contributed by atoms with Crippen LogP contribution in [0.2, 0.25) is 10.2 Å². The number of hydrogen-bond acceptors (Lipinski definition) is 4. The molecule has 1 saturated carbocycles. The lowest BCUT2D eigenvalue weighted by molar-refractivity contribution is 0.435. The Morgan fingerprint density at radius 1 is 1.13 bits per heavy atom. The molecule has 4 rings (SSSR count). The van der Waals surface area contributed by atoms with Gasteiger partial charge in [-0.15, -0.1) is 0 Å². The van der Waals surface area contributed by atoms with E-state index in [1.807, 2.05) is 18.2 Å². The minimum absolute atomic E-state index is 0.0706. The van der Waals surface area contributed by atoms with Gasteiger partial charge in [-0.3, -0.25) is 0 Å². The molecule has 1 aliphatic carbocycles. The van der Waals surface area contributed by atoms with Gasteiger partial charge in [0.25, 0.3) is 0 Å². The number of rotatable bonds is 5. The molecule has 5 nitrogen and oxygen atoms in total. The average Bonchev–Trinajstić information content (AvgIpc) is 3.23. The quantitative estimate of drug-likeness (QED) is 0.417. The zero-order valence-electron chi connectivity index (χ0n) is 17.8. The van der Waals surface area contributed by atoms with Crippen LogP contribution in [0.5, 0.6) is 0 Å². The summed E-state index contributed by atoms with van der Waals surface area (Å²) in [6.07, 6.45) is 7.04. The van der Waals surface area contributed by atoms with E-state index in [0.717, 1.165) is 62.1 Å². The van der Waals surface area contributed by atoms with E-state index in [-0.39, 0.29) is 5.41 Å². The highest BCUT2D eigenvalue weighted by atomic mass is 35.5. The summed E-state index contributed by atoms with van der Waals surface area (Å²) in [5.74, 6) is 2.04. The van der Waals surface area contributed by atoms with Crippen LogP contribution in [-0.4, -0.2) is 34.7 Å². The molecular weight excluding hydrogens is 449 g/mol. The standard InChI is InChI=1S/C23H29Cl2N5S/c1-16-8-12-30(13-9-16)20-14-19(25)27-21(28-20)29-22(31)26-15-23(10-2-3-11-23)17-4-6-18(24)7-5-17/h4-7,14,16H,2-3,8-13,15H2,1H3,(H2,26,27,28,29,31). The van der Waals surface area contributed by atoms with Gasteiger partial charge in [-0.2, -0.15) is 4.98 Å². The van der Waals surface area contributed by atoms with Gasteiger partial charge in [0, 0.05) is 36.1 Å². The number of anilines is 2. The van der Waals surface area contributed by atoms with Gasteiger partial charge in [-0.1, -0.05) is 55.1 Å². The third kappa shape index (κ3) is 5.60. The molecule has 1 aliphatic heterocycles. The molecular formula is C23H29Cl2N5S. The molecule has 2 fully saturated rings. The zero-order valence-corrected chi connectivity index (χ0v) is 20.2. The predicted molar refractivity (Wildman–Crippen MR) is 133 cm³/mol. The Labute approximate surface area is 199 Å². The molecule has 0 radical (unpaired) electrons. The highest BCUT2D eigenvalue weighted by Crippen LogP contribution is 2.41. The Balaban J connectivity index is 1.41. The van der Waals surface area contributed by atoms with Crippen molar-refractivity contribution in [3.05, 3.63) is 46.1 Å². The first-order chi connectivity index (χ1) is 14.9. The summed E-state index contributed by atoms with van der Waals surface area (Å²) in [5.41, 5.74) is 1.38. The number of benzene rings is 1. The van der Waals surface area contributed by atoms with Crippen molar-refractivity contribution in [3.8, 4) is 0 Å². The molecule has 0 atom stereocenters. The van der Waals surface area contributed by atoms with Crippen LogP contribution in [0.4, 0.5) is 11.8 Å². The van der Waals surface area contributed by atoms with Crippen molar-refractivity contribution in [1.82, 2.24) is 15.3 Å². The Hall–Kier alpha value is -1.63. The third-order valence-electron chi connectivity index (χ3n) is 6.62. The monoisotopic (exact) mass is 477 g/mol. The van der Waals surface area contributed by atoms with Gasteiger partial charge in [-0.25, -0.2) is 4.98 Å². The summed E-state index contributed by atoms with van der Waals surface area (Å²) < 4.78 is 0. The van der Waals surface area contributed by atoms with E-state index in [2.05, 4.69) is 44.6 Å². The summed E-state index contributed by atoms with van der Waals surface area (Å²) in [5, 5.41) is 8.24. The van der Waals surface area contributed by atoms with Crippen molar-refractivity contribution < 1.29 is 0 Å². The van der Waals surface area contributed by atoms with Crippen LogP contribution in [0, 0.1) is 5.92 Å². The van der Waals surface area contributed by atoms with Crippen LogP contribution in [-0.2, 0) is 5.41 Å². The normalized spacial score (nSPS) is 18.7. The number of hydrogen-bond donors (Lipinski definition) is 2. The first-order valence-electron chi connectivity index (χ1n) is 11.0. The van der Waals surface area contributed by atoms with E-state index >= 15 is 0 Å². The minimum atomic E-state index is 0.0706. The highest BCUT2D eigenvalue weighted by molar-refractivity contribution is 7.80. The van der Waals surface area contributed by atoms with E-state index in [4.69, 9.17) is 35.4 Å². The Morgan fingerprint density at radius 2 is 1.81 bits per heavy atom. The molecule has 31 heavy (non-hydrogen) atoms. The van der Waals surface area contributed by atoms with Crippen LogP contribution < -0.4 is 15.5 Å². The van der Waals surface area contributed by atoms with Gasteiger partial charge < -0.3 is 15.5 Å². The molecule has 2 aromatic rings. The van der Waals surface area contributed by atoms with Crippen molar-refractivity contribution in [3.63, 3.8) is 0 Å². The number of thiocarbonyl (C=S) groups is 1. The Bertz CT molecular complexity index is 907. The van der Waals surface area contributed by atoms with Gasteiger partial charge in [0.05, 0.1) is 0 Å². The maximum absolute atomic E-state index is 6.28.